The van der Waals surface area contributed by atoms with E-state index in [1.807, 2.05) is 6.92 Å². The van der Waals surface area contributed by atoms with Crippen LogP contribution >= 0.6 is 11.8 Å². The molecule has 1 aromatic rings. The minimum absolute atomic E-state index is 0.0223. The molecule has 0 aromatic heterocycles. The molecule has 1 aromatic carbocycles. The molecule has 27 heavy (non-hydrogen) atoms. The number of benzene rings is 1. The molecular weight excluding hydrogens is 374 g/mol. The van der Waals surface area contributed by atoms with Crippen molar-refractivity contribution in [3.63, 3.8) is 0 Å². The topological polar surface area (TPSA) is 119 Å². The number of thioether (sulfide) groups is 1. The molecule has 3 rings (SSSR count). The molecule has 0 radical (unpaired) electrons. The van der Waals surface area contributed by atoms with E-state index in [0.717, 1.165) is 0 Å². The molecule has 2 aliphatic rings. The summed E-state index contributed by atoms with van der Waals surface area (Å²) in [5.41, 5.74) is -0.232. The van der Waals surface area contributed by atoms with Crippen molar-refractivity contribution >= 4 is 40.9 Å². The first-order valence-corrected chi connectivity index (χ1v) is 9.42. The number of rotatable bonds is 5. The van der Waals surface area contributed by atoms with E-state index in [4.69, 9.17) is 4.74 Å². The molecule has 0 saturated carbocycles. The van der Waals surface area contributed by atoms with E-state index in [2.05, 4.69) is 5.32 Å². The van der Waals surface area contributed by atoms with E-state index >= 15 is 0 Å². The molecule has 1 N–H and O–H groups in total. The average molecular weight is 393 g/mol. The number of hydrogen-bond donors (Lipinski definition) is 1. The van der Waals surface area contributed by atoms with Gasteiger partial charge in [0.15, 0.2) is 6.10 Å². The van der Waals surface area contributed by atoms with Gasteiger partial charge in [0.2, 0.25) is 5.91 Å². The number of amides is 2. The molecule has 0 aliphatic carbocycles. The first kappa shape index (κ1) is 19.2. The van der Waals surface area contributed by atoms with Gasteiger partial charge in [-0.3, -0.25) is 19.7 Å². The lowest BCUT2D eigenvalue weighted by Gasteiger charge is -2.29. The predicted octanol–water partition coefficient (Wildman–Crippen LogP) is 1.92. The summed E-state index contributed by atoms with van der Waals surface area (Å²) in [5, 5.41) is 13.4. The molecule has 0 unspecified atom stereocenters. The highest BCUT2D eigenvalue weighted by atomic mass is 32.2. The van der Waals surface area contributed by atoms with Crippen molar-refractivity contribution in [1.29, 1.82) is 0 Å². The van der Waals surface area contributed by atoms with Gasteiger partial charge in [-0.1, -0.05) is 12.1 Å². The second-order valence-electron chi connectivity index (χ2n) is 6.61. The molecule has 2 saturated heterocycles. The standard InChI is InChI=1S/C17H19N3O6S/c1-10(15(22)18-11-5-3-4-6-12(11)20(24)25)26-16(23)13-9-27-17(2)8-7-14(21)19(13)17/h3-6,10,13H,7-9H2,1-2H3,(H,18,22)/t10-,13-,17+/m1/s1. The Morgan fingerprint density at radius 2 is 2.15 bits per heavy atom. The largest absolute Gasteiger partial charge is 0.451 e. The molecule has 2 aliphatic heterocycles. The molecule has 2 fully saturated rings. The van der Waals surface area contributed by atoms with E-state index in [1.54, 1.807) is 11.0 Å². The highest BCUT2D eigenvalue weighted by Gasteiger charge is 2.53. The van der Waals surface area contributed by atoms with Gasteiger partial charge in [0.05, 0.1) is 9.79 Å². The van der Waals surface area contributed by atoms with Crippen LogP contribution in [0.3, 0.4) is 0 Å². The summed E-state index contributed by atoms with van der Waals surface area (Å²) in [6, 6.07) is 4.97. The van der Waals surface area contributed by atoms with Gasteiger partial charge in [-0.05, 0) is 26.3 Å². The minimum Gasteiger partial charge on any atom is -0.451 e. The summed E-state index contributed by atoms with van der Waals surface area (Å²) < 4.78 is 5.24. The minimum atomic E-state index is -1.16. The number of fused-ring (bicyclic) bond motifs is 1. The Hall–Kier alpha value is -2.62. The van der Waals surface area contributed by atoms with Gasteiger partial charge in [0, 0.05) is 18.2 Å². The monoisotopic (exact) mass is 393 g/mol. The Bertz CT molecular complexity index is 816. The maximum Gasteiger partial charge on any atom is 0.330 e. The maximum absolute atomic E-state index is 12.5. The predicted molar refractivity (Wildman–Crippen MR) is 98.0 cm³/mol. The van der Waals surface area contributed by atoms with Crippen LogP contribution in [-0.4, -0.2) is 50.4 Å². The quantitative estimate of drug-likeness (QED) is 0.461. The van der Waals surface area contributed by atoms with E-state index < -0.39 is 33.8 Å². The fraction of sp³-hybridized carbons (Fsp3) is 0.471. The Morgan fingerprint density at radius 1 is 1.44 bits per heavy atom. The Morgan fingerprint density at radius 3 is 2.85 bits per heavy atom. The van der Waals surface area contributed by atoms with Crippen LogP contribution in [0.5, 0.6) is 0 Å². The molecule has 2 heterocycles. The van der Waals surface area contributed by atoms with Crippen molar-refractivity contribution in [3.8, 4) is 0 Å². The Kier molecular flexibility index (Phi) is 5.09. The Labute approximate surface area is 159 Å². The first-order chi connectivity index (χ1) is 12.7. The molecule has 3 atom stereocenters. The molecular formula is C17H19N3O6S. The second kappa shape index (κ2) is 7.18. The zero-order valence-electron chi connectivity index (χ0n) is 14.8. The summed E-state index contributed by atoms with van der Waals surface area (Å²) in [5.74, 6) is -1.01. The van der Waals surface area contributed by atoms with Gasteiger partial charge < -0.3 is 15.0 Å². The highest BCUT2D eigenvalue weighted by Crippen LogP contribution is 2.47. The van der Waals surface area contributed by atoms with Crippen LogP contribution in [0.4, 0.5) is 11.4 Å². The van der Waals surface area contributed by atoms with Crippen LogP contribution in [0.25, 0.3) is 0 Å². The lowest BCUT2D eigenvalue weighted by Crippen LogP contribution is -2.48. The van der Waals surface area contributed by atoms with Crippen molar-refractivity contribution in [2.24, 2.45) is 0 Å². The smallest absolute Gasteiger partial charge is 0.330 e. The maximum atomic E-state index is 12.5. The van der Waals surface area contributed by atoms with Crippen molar-refractivity contribution in [2.75, 3.05) is 11.1 Å². The van der Waals surface area contributed by atoms with Gasteiger partial charge >= 0.3 is 5.97 Å². The summed E-state index contributed by atoms with van der Waals surface area (Å²) in [7, 11) is 0. The molecule has 9 nitrogen and oxygen atoms in total. The van der Waals surface area contributed by atoms with Gasteiger partial charge in [0.25, 0.3) is 11.6 Å². The van der Waals surface area contributed by atoms with Crippen LogP contribution < -0.4 is 5.32 Å². The Balaban J connectivity index is 1.64. The van der Waals surface area contributed by atoms with Crippen molar-refractivity contribution in [2.45, 2.75) is 43.7 Å². The normalized spacial score (nSPS) is 25.0. The summed E-state index contributed by atoms with van der Waals surface area (Å²) >= 11 is 1.53. The third kappa shape index (κ3) is 3.61. The van der Waals surface area contributed by atoms with Crippen molar-refractivity contribution < 1.29 is 24.0 Å². The van der Waals surface area contributed by atoms with Gasteiger partial charge in [-0.25, -0.2) is 4.79 Å². The van der Waals surface area contributed by atoms with E-state index in [9.17, 15) is 24.5 Å². The van der Waals surface area contributed by atoms with E-state index in [-0.39, 0.29) is 17.3 Å². The van der Waals surface area contributed by atoms with E-state index in [0.29, 0.717) is 18.6 Å². The number of anilines is 1. The number of ether oxygens (including phenoxy) is 1. The summed E-state index contributed by atoms with van der Waals surface area (Å²) in [6.07, 6.45) is -0.0958. The first-order valence-electron chi connectivity index (χ1n) is 8.44. The lowest BCUT2D eigenvalue weighted by molar-refractivity contribution is -0.383. The van der Waals surface area contributed by atoms with Crippen LogP contribution in [0.1, 0.15) is 26.7 Å². The zero-order chi connectivity index (χ0) is 19.8. The SMILES string of the molecule is C[C@@H](OC(=O)[C@H]1CS[C@@]2(C)CCC(=O)N12)C(=O)Nc1ccccc1[N+](=O)[O-]. The van der Waals surface area contributed by atoms with Crippen LogP contribution in [0.2, 0.25) is 0 Å². The number of carbonyl (C=O) groups is 3. The third-order valence-electron chi connectivity index (χ3n) is 4.74. The molecule has 144 valence electrons. The zero-order valence-corrected chi connectivity index (χ0v) is 15.7. The summed E-state index contributed by atoms with van der Waals surface area (Å²) in [4.78, 5) is 48.5. The number of nitro groups is 1. The summed E-state index contributed by atoms with van der Waals surface area (Å²) in [6.45, 7) is 3.30. The number of nitrogens with one attached hydrogen (secondary N) is 1. The van der Waals surface area contributed by atoms with Gasteiger partial charge in [-0.15, -0.1) is 11.8 Å². The van der Waals surface area contributed by atoms with Crippen molar-refractivity contribution in [3.05, 3.63) is 34.4 Å². The van der Waals surface area contributed by atoms with Crippen LogP contribution in [-0.2, 0) is 19.1 Å². The number of hydrogen-bond acceptors (Lipinski definition) is 7. The molecule has 0 spiro atoms. The number of carbonyl (C=O) groups excluding carboxylic acids is 3. The number of para-hydroxylation sites is 2. The second-order valence-corrected chi connectivity index (χ2v) is 8.11. The molecule has 2 amide bonds. The lowest BCUT2D eigenvalue weighted by atomic mass is 10.2. The number of nitrogens with zero attached hydrogens (tertiary/aromatic N) is 2. The van der Waals surface area contributed by atoms with Crippen molar-refractivity contribution in [1.82, 2.24) is 4.90 Å². The molecule has 0 bridgehead atoms. The third-order valence-corrected chi connectivity index (χ3v) is 6.24. The average Bonchev–Trinajstić information content (AvgIpc) is 3.11. The van der Waals surface area contributed by atoms with Gasteiger partial charge in [-0.2, -0.15) is 0 Å². The van der Waals surface area contributed by atoms with Crippen LogP contribution in [0.15, 0.2) is 24.3 Å². The van der Waals surface area contributed by atoms with Gasteiger partial charge in [0.1, 0.15) is 11.7 Å². The fourth-order valence-corrected chi connectivity index (χ4v) is 4.69. The van der Waals surface area contributed by atoms with Crippen LogP contribution in [0, 0.1) is 10.1 Å². The number of nitro benzene ring substituents is 1. The van der Waals surface area contributed by atoms with E-state index in [1.165, 1.54) is 36.9 Å². The highest BCUT2D eigenvalue weighted by molar-refractivity contribution is 8.01. The fourth-order valence-electron chi connectivity index (χ4n) is 3.27. The molecule has 10 heteroatoms. The number of esters is 1.